The van der Waals surface area contributed by atoms with E-state index >= 15 is 0 Å². The standard InChI is InChI=1S/C16H22N4O2/c1-4-12-7-11(5-6-22-12)16(21)20-15-13-9(2)10(3)19-14(13)17-8-18-15/h8,11-12H,4-7H2,1-3H3,(H2,17,18,19,20,21). The largest absolute Gasteiger partial charge is 0.378 e. The Balaban J connectivity index is 1.82. The fourth-order valence-corrected chi connectivity index (χ4v) is 3.01. The van der Waals surface area contributed by atoms with E-state index in [1.54, 1.807) is 0 Å². The quantitative estimate of drug-likeness (QED) is 0.913. The normalized spacial score (nSPS) is 22.0. The van der Waals surface area contributed by atoms with E-state index in [0.717, 1.165) is 41.6 Å². The summed E-state index contributed by atoms with van der Waals surface area (Å²) in [6.07, 6.45) is 4.15. The fourth-order valence-electron chi connectivity index (χ4n) is 3.01. The Morgan fingerprint density at radius 3 is 3.05 bits per heavy atom. The van der Waals surface area contributed by atoms with E-state index in [-0.39, 0.29) is 17.9 Å². The van der Waals surface area contributed by atoms with Gasteiger partial charge in [0.25, 0.3) is 0 Å². The molecule has 6 heteroatoms. The topological polar surface area (TPSA) is 79.9 Å². The lowest BCUT2D eigenvalue weighted by atomic mass is 9.93. The van der Waals surface area contributed by atoms with E-state index in [0.29, 0.717) is 12.4 Å². The van der Waals surface area contributed by atoms with Crippen LogP contribution >= 0.6 is 0 Å². The zero-order valence-electron chi connectivity index (χ0n) is 13.3. The van der Waals surface area contributed by atoms with Gasteiger partial charge in [0.2, 0.25) is 5.91 Å². The first-order valence-electron chi connectivity index (χ1n) is 7.82. The minimum absolute atomic E-state index is 0.0101. The van der Waals surface area contributed by atoms with Gasteiger partial charge in [-0.2, -0.15) is 0 Å². The molecule has 1 aliphatic heterocycles. The first kappa shape index (κ1) is 15.0. The van der Waals surface area contributed by atoms with Crippen LogP contribution in [0.5, 0.6) is 0 Å². The molecule has 2 atom stereocenters. The maximum atomic E-state index is 12.6. The molecule has 2 aromatic heterocycles. The molecule has 1 amide bonds. The molecule has 2 N–H and O–H groups in total. The number of carbonyl (C=O) groups is 1. The molecule has 0 aliphatic carbocycles. The number of hydrogen-bond acceptors (Lipinski definition) is 4. The number of aromatic nitrogens is 3. The number of anilines is 1. The summed E-state index contributed by atoms with van der Waals surface area (Å²) >= 11 is 0. The van der Waals surface area contributed by atoms with Crippen LogP contribution in [0, 0.1) is 19.8 Å². The van der Waals surface area contributed by atoms with Gasteiger partial charge < -0.3 is 15.0 Å². The number of amides is 1. The molecule has 6 nitrogen and oxygen atoms in total. The number of carbonyl (C=O) groups excluding carboxylic acids is 1. The Hall–Kier alpha value is -1.95. The Kier molecular flexibility index (Phi) is 4.11. The summed E-state index contributed by atoms with van der Waals surface area (Å²) in [5.41, 5.74) is 2.88. The lowest BCUT2D eigenvalue weighted by Gasteiger charge is -2.28. The maximum absolute atomic E-state index is 12.6. The van der Waals surface area contributed by atoms with E-state index in [1.165, 1.54) is 6.33 Å². The van der Waals surface area contributed by atoms with Crippen molar-refractivity contribution in [1.29, 1.82) is 0 Å². The minimum Gasteiger partial charge on any atom is -0.378 e. The predicted molar refractivity (Wildman–Crippen MR) is 84.7 cm³/mol. The molecule has 1 aliphatic rings. The third-order valence-corrected chi connectivity index (χ3v) is 4.53. The summed E-state index contributed by atoms with van der Waals surface area (Å²) in [6.45, 7) is 6.74. The third kappa shape index (κ3) is 2.70. The Bertz CT molecular complexity index is 695. The van der Waals surface area contributed by atoms with E-state index in [4.69, 9.17) is 4.74 Å². The first-order chi connectivity index (χ1) is 10.6. The lowest BCUT2D eigenvalue weighted by Crippen LogP contribution is -2.33. The Morgan fingerprint density at radius 2 is 2.27 bits per heavy atom. The van der Waals surface area contributed by atoms with Gasteiger partial charge in [-0.25, -0.2) is 9.97 Å². The van der Waals surface area contributed by atoms with E-state index in [2.05, 4.69) is 27.2 Å². The average molecular weight is 302 g/mol. The zero-order chi connectivity index (χ0) is 15.7. The second-order valence-electron chi connectivity index (χ2n) is 5.93. The molecule has 0 aromatic carbocycles. The van der Waals surface area contributed by atoms with E-state index in [1.807, 2.05) is 13.8 Å². The van der Waals surface area contributed by atoms with Gasteiger partial charge in [0.15, 0.2) is 0 Å². The maximum Gasteiger partial charge on any atom is 0.228 e. The van der Waals surface area contributed by atoms with Crippen LogP contribution in [0.2, 0.25) is 0 Å². The summed E-state index contributed by atoms with van der Waals surface area (Å²) in [5, 5.41) is 3.88. The van der Waals surface area contributed by atoms with Crippen LogP contribution in [0.1, 0.15) is 37.4 Å². The van der Waals surface area contributed by atoms with Gasteiger partial charge in [0.1, 0.15) is 17.8 Å². The van der Waals surface area contributed by atoms with Crippen LogP contribution in [-0.2, 0) is 9.53 Å². The van der Waals surface area contributed by atoms with Crippen molar-refractivity contribution >= 4 is 22.8 Å². The molecule has 2 unspecified atom stereocenters. The van der Waals surface area contributed by atoms with Gasteiger partial charge >= 0.3 is 0 Å². The van der Waals surface area contributed by atoms with Crippen molar-refractivity contribution in [2.75, 3.05) is 11.9 Å². The van der Waals surface area contributed by atoms with Gasteiger partial charge in [-0.05, 0) is 38.7 Å². The van der Waals surface area contributed by atoms with Crippen molar-refractivity contribution in [3.8, 4) is 0 Å². The van der Waals surface area contributed by atoms with E-state index < -0.39 is 0 Å². The second kappa shape index (κ2) is 6.04. The number of hydrogen-bond donors (Lipinski definition) is 2. The highest BCUT2D eigenvalue weighted by atomic mass is 16.5. The number of aryl methyl sites for hydroxylation is 2. The molecule has 0 saturated carbocycles. The van der Waals surface area contributed by atoms with Gasteiger partial charge in [0.05, 0.1) is 11.5 Å². The second-order valence-corrected chi connectivity index (χ2v) is 5.93. The van der Waals surface area contributed by atoms with Crippen molar-refractivity contribution < 1.29 is 9.53 Å². The van der Waals surface area contributed by atoms with E-state index in [9.17, 15) is 4.79 Å². The number of nitrogens with zero attached hydrogens (tertiary/aromatic N) is 2. The van der Waals surface area contributed by atoms with Crippen LogP contribution in [0.15, 0.2) is 6.33 Å². The summed E-state index contributed by atoms with van der Waals surface area (Å²) in [4.78, 5) is 24.3. The number of aromatic amines is 1. The predicted octanol–water partition coefficient (Wildman–Crippen LogP) is 2.72. The van der Waals surface area contributed by atoms with Gasteiger partial charge in [-0.1, -0.05) is 6.92 Å². The molecule has 1 saturated heterocycles. The molecule has 22 heavy (non-hydrogen) atoms. The summed E-state index contributed by atoms with van der Waals surface area (Å²) in [6, 6.07) is 0. The van der Waals surface area contributed by atoms with Crippen molar-refractivity contribution in [2.45, 2.75) is 46.1 Å². The minimum atomic E-state index is -0.0101. The highest BCUT2D eigenvalue weighted by molar-refractivity contribution is 6.01. The molecule has 2 aromatic rings. The zero-order valence-corrected chi connectivity index (χ0v) is 13.3. The van der Waals surface area contributed by atoms with Crippen molar-refractivity contribution in [2.24, 2.45) is 5.92 Å². The SMILES string of the molecule is CCC1CC(C(=O)Nc2ncnc3[nH]c(C)c(C)c23)CCO1. The molecule has 3 heterocycles. The van der Waals surface area contributed by atoms with Crippen molar-refractivity contribution in [3.05, 3.63) is 17.6 Å². The highest BCUT2D eigenvalue weighted by Crippen LogP contribution is 2.27. The Labute approximate surface area is 129 Å². The molecule has 3 rings (SSSR count). The fraction of sp³-hybridized carbons (Fsp3) is 0.562. The van der Waals surface area contributed by atoms with Crippen LogP contribution in [0.3, 0.4) is 0 Å². The van der Waals surface area contributed by atoms with Crippen LogP contribution < -0.4 is 5.32 Å². The van der Waals surface area contributed by atoms with Crippen molar-refractivity contribution in [1.82, 2.24) is 15.0 Å². The smallest absolute Gasteiger partial charge is 0.228 e. The number of nitrogens with one attached hydrogen (secondary N) is 2. The summed E-state index contributed by atoms with van der Waals surface area (Å²) in [7, 11) is 0. The van der Waals surface area contributed by atoms with Crippen LogP contribution in [0.25, 0.3) is 11.0 Å². The molecule has 118 valence electrons. The number of H-pyrrole nitrogens is 1. The lowest BCUT2D eigenvalue weighted by molar-refractivity contribution is -0.124. The Morgan fingerprint density at radius 1 is 1.45 bits per heavy atom. The van der Waals surface area contributed by atoms with Crippen LogP contribution in [0.4, 0.5) is 5.82 Å². The summed E-state index contributed by atoms with van der Waals surface area (Å²) in [5.74, 6) is 0.612. The average Bonchev–Trinajstić information content (AvgIpc) is 2.83. The van der Waals surface area contributed by atoms with Crippen molar-refractivity contribution in [3.63, 3.8) is 0 Å². The van der Waals surface area contributed by atoms with Gasteiger partial charge in [-0.15, -0.1) is 0 Å². The van der Waals surface area contributed by atoms with Gasteiger partial charge in [0, 0.05) is 18.2 Å². The first-order valence-corrected chi connectivity index (χ1v) is 7.82. The summed E-state index contributed by atoms with van der Waals surface area (Å²) < 4.78 is 5.64. The van der Waals surface area contributed by atoms with Gasteiger partial charge in [-0.3, -0.25) is 4.79 Å². The monoisotopic (exact) mass is 302 g/mol. The molecule has 0 spiro atoms. The molecule has 0 radical (unpaired) electrons. The highest BCUT2D eigenvalue weighted by Gasteiger charge is 2.27. The molecule has 1 fully saturated rings. The third-order valence-electron chi connectivity index (χ3n) is 4.53. The number of rotatable bonds is 3. The molecular formula is C16H22N4O2. The van der Waals surface area contributed by atoms with Crippen LogP contribution in [-0.4, -0.2) is 33.6 Å². The number of fused-ring (bicyclic) bond motifs is 1. The molecule has 0 bridgehead atoms. The number of ether oxygens (including phenoxy) is 1. The molecular weight excluding hydrogens is 280 g/mol.